The molecule has 0 aliphatic carbocycles. The van der Waals surface area contributed by atoms with Gasteiger partial charge in [-0.15, -0.1) is 0 Å². The van der Waals surface area contributed by atoms with Crippen molar-refractivity contribution in [1.82, 2.24) is 4.90 Å². The fourth-order valence-electron chi connectivity index (χ4n) is 3.02. The number of phenolic OH excluding ortho intramolecular Hbond substituents is 1. The van der Waals surface area contributed by atoms with E-state index in [4.69, 9.17) is 4.74 Å². The second-order valence-corrected chi connectivity index (χ2v) is 6.08. The summed E-state index contributed by atoms with van der Waals surface area (Å²) in [5.74, 6) is 1.52. The van der Waals surface area contributed by atoms with Crippen LogP contribution >= 0.6 is 0 Å². The van der Waals surface area contributed by atoms with Crippen molar-refractivity contribution in [3.63, 3.8) is 0 Å². The Hall–Kier alpha value is -1.71. The Kier molecular flexibility index (Phi) is 5.10. The van der Waals surface area contributed by atoms with Crippen LogP contribution < -0.4 is 4.74 Å². The molecule has 0 saturated carbocycles. The molecule has 0 aromatic heterocycles. The second-order valence-electron chi connectivity index (χ2n) is 6.08. The van der Waals surface area contributed by atoms with Gasteiger partial charge in [-0.05, 0) is 43.2 Å². The standard InChI is InChI=1S/C17H25NO3/c1-12(2)13-6-5-10-18(11-9-13)17(20)14-7-4-8-15(21-3)16(14)19/h4,7-8,12-13,19H,5-6,9-11H2,1-3H3. The smallest absolute Gasteiger partial charge is 0.257 e. The number of hydrogen-bond acceptors (Lipinski definition) is 3. The molecule has 1 heterocycles. The topological polar surface area (TPSA) is 49.8 Å². The van der Waals surface area contributed by atoms with Crippen LogP contribution in [0.3, 0.4) is 0 Å². The molecule has 116 valence electrons. The van der Waals surface area contributed by atoms with Crippen molar-refractivity contribution in [1.29, 1.82) is 0 Å². The Balaban J connectivity index is 2.13. The van der Waals surface area contributed by atoms with E-state index in [-0.39, 0.29) is 11.7 Å². The normalized spacial score (nSPS) is 19.4. The van der Waals surface area contributed by atoms with E-state index in [1.807, 2.05) is 4.90 Å². The third-order valence-corrected chi connectivity index (χ3v) is 4.45. The van der Waals surface area contributed by atoms with Crippen LogP contribution in [-0.2, 0) is 0 Å². The summed E-state index contributed by atoms with van der Waals surface area (Å²) in [5.41, 5.74) is 0.331. The largest absolute Gasteiger partial charge is 0.504 e. The van der Waals surface area contributed by atoms with E-state index >= 15 is 0 Å². The molecule has 21 heavy (non-hydrogen) atoms. The minimum atomic E-state index is -0.101. The number of aromatic hydroxyl groups is 1. The fourth-order valence-corrected chi connectivity index (χ4v) is 3.02. The molecule has 1 atom stereocenters. The molecule has 1 fully saturated rings. The summed E-state index contributed by atoms with van der Waals surface area (Å²) in [4.78, 5) is 14.5. The average molecular weight is 291 g/mol. The number of methoxy groups -OCH3 is 1. The van der Waals surface area contributed by atoms with Crippen LogP contribution in [0.4, 0.5) is 0 Å². The molecule has 4 heteroatoms. The van der Waals surface area contributed by atoms with Gasteiger partial charge in [-0.2, -0.15) is 0 Å². The zero-order chi connectivity index (χ0) is 15.4. The van der Waals surface area contributed by atoms with Gasteiger partial charge >= 0.3 is 0 Å². The van der Waals surface area contributed by atoms with E-state index in [1.54, 1.807) is 18.2 Å². The third-order valence-electron chi connectivity index (χ3n) is 4.45. The van der Waals surface area contributed by atoms with Crippen LogP contribution in [0.5, 0.6) is 11.5 Å². The predicted molar refractivity (Wildman–Crippen MR) is 82.7 cm³/mol. The van der Waals surface area contributed by atoms with Gasteiger partial charge < -0.3 is 14.7 Å². The van der Waals surface area contributed by atoms with Crippen molar-refractivity contribution >= 4 is 5.91 Å². The van der Waals surface area contributed by atoms with Crippen molar-refractivity contribution in [3.05, 3.63) is 23.8 Å². The van der Waals surface area contributed by atoms with Crippen LogP contribution in [0.25, 0.3) is 0 Å². The van der Waals surface area contributed by atoms with Crippen LogP contribution in [0.2, 0.25) is 0 Å². The number of nitrogens with zero attached hydrogens (tertiary/aromatic N) is 1. The van der Waals surface area contributed by atoms with E-state index in [2.05, 4.69) is 13.8 Å². The van der Waals surface area contributed by atoms with E-state index in [9.17, 15) is 9.90 Å². The van der Waals surface area contributed by atoms with Crippen LogP contribution in [-0.4, -0.2) is 36.1 Å². The molecule has 1 N–H and O–H groups in total. The SMILES string of the molecule is COc1cccc(C(=O)N2CCCC(C(C)C)CC2)c1O. The highest BCUT2D eigenvalue weighted by atomic mass is 16.5. The molecule has 1 unspecified atom stereocenters. The number of ether oxygens (including phenoxy) is 1. The molecular weight excluding hydrogens is 266 g/mol. The van der Waals surface area contributed by atoms with Gasteiger partial charge in [0, 0.05) is 13.1 Å². The van der Waals surface area contributed by atoms with Crippen molar-refractivity contribution in [3.8, 4) is 11.5 Å². The van der Waals surface area contributed by atoms with Crippen molar-refractivity contribution < 1.29 is 14.6 Å². The van der Waals surface area contributed by atoms with Crippen LogP contribution in [0.1, 0.15) is 43.5 Å². The first-order valence-corrected chi connectivity index (χ1v) is 7.69. The molecule has 0 radical (unpaired) electrons. The lowest BCUT2D eigenvalue weighted by Gasteiger charge is -2.22. The van der Waals surface area contributed by atoms with Gasteiger partial charge in [-0.1, -0.05) is 19.9 Å². The summed E-state index contributed by atoms with van der Waals surface area (Å²) >= 11 is 0. The fraction of sp³-hybridized carbons (Fsp3) is 0.588. The molecule has 0 bridgehead atoms. The number of phenols is 1. The quantitative estimate of drug-likeness (QED) is 0.929. The number of likely N-dealkylation sites (tertiary alicyclic amines) is 1. The maximum atomic E-state index is 12.6. The number of para-hydroxylation sites is 1. The van der Waals surface area contributed by atoms with E-state index in [0.717, 1.165) is 25.9 Å². The van der Waals surface area contributed by atoms with Gasteiger partial charge in [0.05, 0.1) is 12.7 Å². The molecule has 1 aromatic carbocycles. The Morgan fingerprint density at radius 2 is 2.10 bits per heavy atom. The van der Waals surface area contributed by atoms with Gasteiger partial charge in [0.2, 0.25) is 0 Å². The summed E-state index contributed by atoms with van der Waals surface area (Å²) in [6, 6.07) is 5.05. The average Bonchev–Trinajstić information content (AvgIpc) is 2.73. The van der Waals surface area contributed by atoms with Gasteiger partial charge in [0.1, 0.15) is 0 Å². The van der Waals surface area contributed by atoms with E-state index in [1.165, 1.54) is 13.5 Å². The minimum absolute atomic E-state index is 0.0605. The first kappa shape index (κ1) is 15.7. The first-order chi connectivity index (χ1) is 10.0. The zero-order valence-electron chi connectivity index (χ0n) is 13.1. The van der Waals surface area contributed by atoms with Crippen LogP contribution in [0.15, 0.2) is 18.2 Å². The molecule has 0 spiro atoms. The Morgan fingerprint density at radius 1 is 1.33 bits per heavy atom. The summed E-state index contributed by atoms with van der Waals surface area (Å²) in [5, 5.41) is 10.1. The van der Waals surface area contributed by atoms with Gasteiger partial charge in [-0.3, -0.25) is 4.79 Å². The molecule has 2 rings (SSSR count). The molecule has 4 nitrogen and oxygen atoms in total. The third kappa shape index (κ3) is 3.49. The Labute approximate surface area is 126 Å². The number of hydrogen-bond donors (Lipinski definition) is 1. The number of rotatable bonds is 3. The highest BCUT2D eigenvalue weighted by molar-refractivity contribution is 5.97. The number of amides is 1. The van der Waals surface area contributed by atoms with Gasteiger partial charge in [-0.25, -0.2) is 0 Å². The van der Waals surface area contributed by atoms with Gasteiger partial charge in [0.25, 0.3) is 5.91 Å². The summed E-state index contributed by atoms with van der Waals surface area (Å²) in [6.07, 6.45) is 3.24. The molecule has 1 amide bonds. The number of benzene rings is 1. The lowest BCUT2D eigenvalue weighted by atomic mass is 9.89. The Bertz CT molecular complexity index is 499. The van der Waals surface area contributed by atoms with Crippen molar-refractivity contribution in [2.24, 2.45) is 11.8 Å². The summed E-state index contributed by atoms with van der Waals surface area (Å²) in [7, 11) is 1.49. The Morgan fingerprint density at radius 3 is 2.76 bits per heavy atom. The first-order valence-electron chi connectivity index (χ1n) is 7.69. The molecule has 1 saturated heterocycles. The van der Waals surface area contributed by atoms with Crippen molar-refractivity contribution in [2.45, 2.75) is 33.1 Å². The molecular formula is C17H25NO3. The zero-order valence-corrected chi connectivity index (χ0v) is 13.1. The van der Waals surface area contributed by atoms with Crippen molar-refractivity contribution in [2.75, 3.05) is 20.2 Å². The maximum Gasteiger partial charge on any atom is 0.257 e. The minimum Gasteiger partial charge on any atom is -0.504 e. The number of carbonyl (C=O) groups is 1. The summed E-state index contributed by atoms with van der Waals surface area (Å²) in [6.45, 7) is 6.02. The lowest BCUT2D eigenvalue weighted by Crippen LogP contribution is -2.32. The molecule has 1 aliphatic rings. The molecule has 1 aliphatic heterocycles. The van der Waals surface area contributed by atoms with Crippen LogP contribution in [0, 0.1) is 11.8 Å². The van der Waals surface area contributed by atoms with Gasteiger partial charge in [0.15, 0.2) is 11.5 Å². The van der Waals surface area contributed by atoms with E-state index < -0.39 is 0 Å². The number of carbonyl (C=O) groups excluding carboxylic acids is 1. The van der Waals surface area contributed by atoms with E-state index in [0.29, 0.717) is 23.1 Å². The summed E-state index contributed by atoms with van der Waals surface area (Å²) < 4.78 is 5.08. The maximum absolute atomic E-state index is 12.6. The second kappa shape index (κ2) is 6.83. The lowest BCUT2D eigenvalue weighted by molar-refractivity contribution is 0.0755. The monoisotopic (exact) mass is 291 g/mol. The molecule has 1 aromatic rings. The highest BCUT2D eigenvalue weighted by Gasteiger charge is 2.25. The predicted octanol–water partition coefficient (Wildman–Crippen LogP) is 3.30. The highest BCUT2D eigenvalue weighted by Crippen LogP contribution is 2.31.